The van der Waals surface area contributed by atoms with Gasteiger partial charge in [0.1, 0.15) is 11.6 Å². The SMILES string of the molecule is Cc1ccc(C(=O)N[C@@H]2CCN(c3ccc(Cl)cc3)C2=O)c(=O)[nH]1. The predicted molar refractivity (Wildman–Crippen MR) is 91.5 cm³/mol. The molecule has 0 aliphatic carbocycles. The first-order chi connectivity index (χ1) is 11.5. The van der Waals surface area contributed by atoms with Gasteiger partial charge in [-0.3, -0.25) is 14.4 Å². The predicted octanol–water partition coefficient (Wildman–Crippen LogP) is 1.87. The van der Waals surface area contributed by atoms with E-state index in [9.17, 15) is 14.4 Å². The van der Waals surface area contributed by atoms with Gasteiger partial charge in [0.05, 0.1) is 0 Å². The summed E-state index contributed by atoms with van der Waals surface area (Å²) >= 11 is 5.85. The molecule has 1 aromatic heterocycles. The van der Waals surface area contributed by atoms with Crippen molar-refractivity contribution in [3.05, 3.63) is 63.0 Å². The molecule has 1 saturated heterocycles. The molecule has 0 radical (unpaired) electrons. The Balaban J connectivity index is 1.72. The number of anilines is 1. The molecule has 124 valence electrons. The number of carbonyl (C=O) groups is 2. The largest absolute Gasteiger partial charge is 0.340 e. The summed E-state index contributed by atoms with van der Waals surface area (Å²) in [5, 5.41) is 3.23. The van der Waals surface area contributed by atoms with E-state index in [1.807, 2.05) is 0 Å². The van der Waals surface area contributed by atoms with Crippen LogP contribution in [0.3, 0.4) is 0 Å². The highest BCUT2D eigenvalue weighted by atomic mass is 35.5. The van der Waals surface area contributed by atoms with Gasteiger partial charge in [0.2, 0.25) is 5.91 Å². The Kier molecular flexibility index (Phi) is 4.40. The van der Waals surface area contributed by atoms with E-state index >= 15 is 0 Å². The number of hydrogen-bond donors (Lipinski definition) is 2. The standard InChI is InChI=1S/C17H16ClN3O3/c1-10-2-7-13(15(22)19-10)16(23)20-14-8-9-21(17(14)24)12-5-3-11(18)4-6-12/h2-7,14H,8-9H2,1H3,(H,19,22)(H,20,23)/t14-/m1/s1. The minimum Gasteiger partial charge on any atom is -0.340 e. The second-order valence-corrected chi connectivity index (χ2v) is 6.10. The average Bonchev–Trinajstić information content (AvgIpc) is 2.89. The lowest BCUT2D eigenvalue weighted by Gasteiger charge is -2.17. The lowest BCUT2D eigenvalue weighted by Crippen LogP contribution is -2.43. The molecule has 1 fully saturated rings. The Hall–Kier alpha value is -2.60. The molecule has 24 heavy (non-hydrogen) atoms. The highest BCUT2D eigenvalue weighted by Crippen LogP contribution is 2.23. The average molecular weight is 346 g/mol. The topological polar surface area (TPSA) is 82.3 Å². The van der Waals surface area contributed by atoms with Gasteiger partial charge >= 0.3 is 0 Å². The summed E-state index contributed by atoms with van der Waals surface area (Å²) in [7, 11) is 0. The summed E-state index contributed by atoms with van der Waals surface area (Å²) in [4.78, 5) is 40.7. The molecule has 1 aliphatic heterocycles. The molecule has 2 heterocycles. The van der Waals surface area contributed by atoms with Crippen LogP contribution in [0.15, 0.2) is 41.2 Å². The fourth-order valence-corrected chi connectivity index (χ4v) is 2.80. The third-order valence-electron chi connectivity index (χ3n) is 3.95. The molecule has 6 nitrogen and oxygen atoms in total. The smallest absolute Gasteiger partial charge is 0.260 e. The Morgan fingerprint density at radius 2 is 1.92 bits per heavy atom. The van der Waals surface area contributed by atoms with E-state index in [-0.39, 0.29) is 11.5 Å². The first-order valence-corrected chi connectivity index (χ1v) is 7.91. The summed E-state index contributed by atoms with van der Waals surface area (Å²) in [6.45, 7) is 2.23. The Labute approximate surface area is 143 Å². The van der Waals surface area contributed by atoms with Crippen LogP contribution in [0.25, 0.3) is 0 Å². The maximum absolute atomic E-state index is 12.5. The molecule has 0 bridgehead atoms. The number of aryl methyl sites for hydroxylation is 1. The van der Waals surface area contributed by atoms with Crippen molar-refractivity contribution in [3.63, 3.8) is 0 Å². The number of amides is 2. The molecule has 2 amide bonds. The Bertz CT molecular complexity index is 845. The second-order valence-electron chi connectivity index (χ2n) is 5.67. The van der Waals surface area contributed by atoms with Crippen molar-refractivity contribution >= 4 is 29.1 Å². The van der Waals surface area contributed by atoms with Gasteiger partial charge in [0, 0.05) is 22.9 Å². The normalized spacial score (nSPS) is 17.2. The van der Waals surface area contributed by atoms with E-state index in [1.54, 1.807) is 42.2 Å². The second kappa shape index (κ2) is 6.49. The number of pyridine rings is 1. The molecule has 1 atom stereocenters. The number of H-pyrrole nitrogens is 1. The number of aromatic nitrogens is 1. The van der Waals surface area contributed by atoms with E-state index in [0.29, 0.717) is 23.7 Å². The fourth-order valence-electron chi connectivity index (χ4n) is 2.68. The molecule has 0 saturated carbocycles. The first-order valence-electron chi connectivity index (χ1n) is 7.53. The van der Waals surface area contributed by atoms with E-state index in [1.165, 1.54) is 6.07 Å². The number of aromatic amines is 1. The molecule has 7 heteroatoms. The molecule has 1 aromatic carbocycles. The van der Waals surface area contributed by atoms with Crippen LogP contribution in [0, 0.1) is 6.92 Å². The van der Waals surface area contributed by atoms with Crippen LogP contribution in [0.5, 0.6) is 0 Å². The Morgan fingerprint density at radius 3 is 2.58 bits per heavy atom. The number of nitrogens with one attached hydrogen (secondary N) is 2. The molecule has 2 aromatic rings. The van der Waals surface area contributed by atoms with Crippen molar-refractivity contribution in [2.24, 2.45) is 0 Å². The van der Waals surface area contributed by atoms with E-state index in [2.05, 4.69) is 10.3 Å². The van der Waals surface area contributed by atoms with Crippen molar-refractivity contribution in [3.8, 4) is 0 Å². The quantitative estimate of drug-likeness (QED) is 0.891. The zero-order valence-corrected chi connectivity index (χ0v) is 13.8. The molecule has 1 aliphatic rings. The minimum absolute atomic E-state index is 0.00153. The lowest BCUT2D eigenvalue weighted by atomic mass is 10.2. The number of carbonyl (C=O) groups excluding carboxylic acids is 2. The third-order valence-corrected chi connectivity index (χ3v) is 4.20. The number of hydrogen-bond acceptors (Lipinski definition) is 3. The summed E-state index contributed by atoms with van der Waals surface area (Å²) < 4.78 is 0. The maximum Gasteiger partial charge on any atom is 0.260 e. The number of halogens is 1. The number of rotatable bonds is 3. The highest BCUT2D eigenvalue weighted by Gasteiger charge is 2.34. The summed E-state index contributed by atoms with van der Waals surface area (Å²) in [5.41, 5.74) is 0.933. The summed E-state index contributed by atoms with van der Waals surface area (Å²) in [6, 6.07) is 9.40. The van der Waals surface area contributed by atoms with Crippen LogP contribution in [-0.2, 0) is 4.79 Å². The molecular weight excluding hydrogens is 330 g/mol. The van der Waals surface area contributed by atoms with Gasteiger partial charge in [0.15, 0.2) is 0 Å². The lowest BCUT2D eigenvalue weighted by molar-refractivity contribution is -0.118. The van der Waals surface area contributed by atoms with Gasteiger partial charge < -0.3 is 15.2 Å². The molecule has 3 rings (SSSR count). The first kappa shape index (κ1) is 16.3. The Morgan fingerprint density at radius 1 is 1.21 bits per heavy atom. The van der Waals surface area contributed by atoms with E-state index < -0.39 is 17.5 Å². The van der Waals surface area contributed by atoms with Gasteiger partial charge in [-0.05, 0) is 49.7 Å². The van der Waals surface area contributed by atoms with Crippen LogP contribution < -0.4 is 15.8 Å². The van der Waals surface area contributed by atoms with Crippen molar-refractivity contribution in [1.29, 1.82) is 0 Å². The molecule has 2 N–H and O–H groups in total. The number of benzene rings is 1. The van der Waals surface area contributed by atoms with Crippen molar-refractivity contribution in [1.82, 2.24) is 10.3 Å². The van der Waals surface area contributed by atoms with Crippen molar-refractivity contribution in [2.75, 3.05) is 11.4 Å². The van der Waals surface area contributed by atoms with Crippen LogP contribution in [0.4, 0.5) is 5.69 Å². The summed E-state index contributed by atoms with van der Waals surface area (Å²) in [6.07, 6.45) is 0.483. The van der Waals surface area contributed by atoms with E-state index in [4.69, 9.17) is 11.6 Å². The van der Waals surface area contributed by atoms with E-state index in [0.717, 1.165) is 5.69 Å². The molecule has 0 unspecified atom stereocenters. The monoisotopic (exact) mass is 345 g/mol. The minimum atomic E-state index is -0.645. The van der Waals surface area contributed by atoms with Crippen LogP contribution >= 0.6 is 11.6 Å². The van der Waals surface area contributed by atoms with Crippen LogP contribution in [0.1, 0.15) is 22.5 Å². The van der Waals surface area contributed by atoms with Gasteiger partial charge in [-0.1, -0.05) is 11.6 Å². The van der Waals surface area contributed by atoms with Gasteiger partial charge in [0.25, 0.3) is 11.5 Å². The summed E-state index contributed by atoms with van der Waals surface area (Å²) in [5.74, 6) is -0.748. The van der Waals surface area contributed by atoms with Gasteiger partial charge in [-0.25, -0.2) is 0 Å². The van der Waals surface area contributed by atoms with Gasteiger partial charge in [-0.15, -0.1) is 0 Å². The zero-order valence-electron chi connectivity index (χ0n) is 13.0. The van der Waals surface area contributed by atoms with Crippen LogP contribution in [0.2, 0.25) is 5.02 Å². The molecular formula is C17H16ClN3O3. The fraction of sp³-hybridized carbons (Fsp3) is 0.235. The number of nitrogens with zero attached hydrogens (tertiary/aromatic N) is 1. The third kappa shape index (κ3) is 3.19. The zero-order chi connectivity index (χ0) is 17.3. The molecule has 0 spiro atoms. The van der Waals surface area contributed by atoms with Gasteiger partial charge in [-0.2, -0.15) is 0 Å². The highest BCUT2D eigenvalue weighted by molar-refractivity contribution is 6.30. The maximum atomic E-state index is 12.5. The van der Waals surface area contributed by atoms with Crippen molar-refractivity contribution < 1.29 is 9.59 Å². The van der Waals surface area contributed by atoms with Crippen molar-refractivity contribution in [2.45, 2.75) is 19.4 Å². The van der Waals surface area contributed by atoms with Crippen LogP contribution in [-0.4, -0.2) is 29.4 Å².